The van der Waals surface area contributed by atoms with Crippen LogP contribution in [0.25, 0.3) is 22.3 Å². The van der Waals surface area contributed by atoms with E-state index in [1.165, 1.54) is 0 Å². The first-order valence-corrected chi connectivity index (χ1v) is 9.31. The van der Waals surface area contributed by atoms with E-state index in [1.807, 2.05) is 59.5 Å². The molecular formula is C24H20N3O. The van der Waals surface area contributed by atoms with E-state index in [4.69, 9.17) is 11.0 Å². The lowest BCUT2D eigenvalue weighted by molar-refractivity contribution is 0.0791. The second-order valence-electron chi connectivity index (χ2n) is 7.04. The number of rotatable bonds is 3. The van der Waals surface area contributed by atoms with Crippen LogP contribution in [0, 0.1) is 17.4 Å². The van der Waals surface area contributed by atoms with Crippen LogP contribution in [-0.4, -0.2) is 29.9 Å². The van der Waals surface area contributed by atoms with Crippen molar-refractivity contribution in [2.24, 2.45) is 5.73 Å². The number of nitrogens with two attached hydrogens (primary N) is 1. The summed E-state index contributed by atoms with van der Waals surface area (Å²) in [6, 6.07) is 26.3. The predicted octanol–water partition coefficient (Wildman–Crippen LogP) is 3.87. The van der Waals surface area contributed by atoms with Crippen molar-refractivity contribution in [2.45, 2.75) is 12.5 Å². The van der Waals surface area contributed by atoms with Gasteiger partial charge < -0.3 is 10.6 Å². The van der Waals surface area contributed by atoms with Crippen molar-refractivity contribution in [3.8, 4) is 28.3 Å². The van der Waals surface area contributed by atoms with Gasteiger partial charge in [-0.25, -0.2) is 0 Å². The second-order valence-corrected chi connectivity index (χ2v) is 7.04. The number of amides is 1. The average Bonchev–Trinajstić information content (AvgIpc) is 3.20. The van der Waals surface area contributed by atoms with Gasteiger partial charge in [-0.05, 0) is 65.1 Å². The average molecular weight is 366 g/mol. The van der Waals surface area contributed by atoms with Gasteiger partial charge in [-0.1, -0.05) is 36.4 Å². The summed E-state index contributed by atoms with van der Waals surface area (Å²) in [4.78, 5) is 14.8. The van der Waals surface area contributed by atoms with Crippen LogP contribution in [0.4, 0.5) is 0 Å². The smallest absolute Gasteiger partial charge is 0.253 e. The molecule has 0 aliphatic carbocycles. The number of hydrogen-bond acceptors (Lipinski definition) is 3. The van der Waals surface area contributed by atoms with E-state index in [0.29, 0.717) is 24.2 Å². The molecule has 0 bridgehead atoms. The summed E-state index contributed by atoms with van der Waals surface area (Å²) in [6.45, 7) is 1.29. The van der Waals surface area contributed by atoms with Gasteiger partial charge in [0.1, 0.15) is 0 Å². The molecule has 1 aliphatic rings. The summed E-state index contributed by atoms with van der Waals surface area (Å²) in [5, 5.41) is 9.08. The van der Waals surface area contributed by atoms with Gasteiger partial charge in [-0.15, -0.1) is 0 Å². The Morgan fingerprint density at radius 2 is 1.93 bits per heavy atom. The topological polar surface area (TPSA) is 70.1 Å². The van der Waals surface area contributed by atoms with Crippen molar-refractivity contribution >= 4 is 5.91 Å². The third kappa shape index (κ3) is 3.53. The number of likely N-dealkylation sites (tertiary alicyclic amines) is 1. The molecule has 137 valence electrons. The van der Waals surface area contributed by atoms with Crippen molar-refractivity contribution < 1.29 is 4.79 Å². The lowest BCUT2D eigenvalue weighted by Crippen LogP contribution is -2.31. The van der Waals surface area contributed by atoms with Crippen LogP contribution >= 0.6 is 0 Å². The first kappa shape index (κ1) is 18.0. The van der Waals surface area contributed by atoms with E-state index in [1.54, 1.807) is 12.1 Å². The van der Waals surface area contributed by atoms with E-state index < -0.39 is 0 Å². The number of hydrogen-bond donors (Lipinski definition) is 1. The zero-order valence-corrected chi connectivity index (χ0v) is 15.4. The van der Waals surface area contributed by atoms with Crippen LogP contribution in [0.2, 0.25) is 0 Å². The highest BCUT2D eigenvalue weighted by Gasteiger charge is 2.25. The van der Waals surface area contributed by atoms with Crippen LogP contribution in [-0.2, 0) is 0 Å². The second kappa shape index (κ2) is 7.67. The highest BCUT2D eigenvalue weighted by molar-refractivity contribution is 5.98. The van der Waals surface area contributed by atoms with Gasteiger partial charge >= 0.3 is 0 Å². The third-order valence-corrected chi connectivity index (χ3v) is 5.12. The van der Waals surface area contributed by atoms with Gasteiger partial charge in [-0.3, -0.25) is 4.79 Å². The molecule has 1 radical (unpaired) electrons. The molecule has 0 aromatic heterocycles. The highest BCUT2D eigenvalue weighted by atomic mass is 16.2. The van der Waals surface area contributed by atoms with Crippen molar-refractivity contribution in [3.05, 3.63) is 83.9 Å². The van der Waals surface area contributed by atoms with Crippen LogP contribution in [0.5, 0.6) is 0 Å². The fraction of sp³-hybridized carbons (Fsp3) is 0.167. The molecule has 1 fully saturated rings. The van der Waals surface area contributed by atoms with E-state index >= 15 is 0 Å². The first-order chi connectivity index (χ1) is 13.7. The van der Waals surface area contributed by atoms with Crippen LogP contribution in [0.1, 0.15) is 22.3 Å². The van der Waals surface area contributed by atoms with Gasteiger partial charge in [-0.2, -0.15) is 5.26 Å². The maximum absolute atomic E-state index is 12.9. The summed E-state index contributed by atoms with van der Waals surface area (Å²) in [5.41, 5.74) is 11.2. The normalized spacial score (nSPS) is 16.0. The van der Waals surface area contributed by atoms with E-state index in [0.717, 1.165) is 28.7 Å². The summed E-state index contributed by atoms with van der Waals surface area (Å²) in [5.74, 6) is 0.00835. The van der Waals surface area contributed by atoms with Gasteiger partial charge in [0.05, 0.1) is 11.6 Å². The number of benzene rings is 3. The molecule has 1 amide bonds. The van der Waals surface area contributed by atoms with Gasteiger partial charge in [0.25, 0.3) is 5.91 Å². The number of carbonyl (C=O) groups is 1. The third-order valence-electron chi connectivity index (χ3n) is 5.12. The molecule has 3 aromatic carbocycles. The van der Waals surface area contributed by atoms with E-state index in [2.05, 4.69) is 12.1 Å². The Hall–Kier alpha value is -3.42. The fourth-order valence-corrected chi connectivity index (χ4v) is 3.61. The minimum absolute atomic E-state index is 0.00835. The Kier molecular flexibility index (Phi) is 4.92. The molecule has 0 unspecified atom stereocenters. The summed E-state index contributed by atoms with van der Waals surface area (Å²) in [6.07, 6.45) is 0.839. The van der Waals surface area contributed by atoms with Crippen molar-refractivity contribution in [1.29, 1.82) is 5.26 Å². The molecule has 28 heavy (non-hydrogen) atoms. The molecular weight excluding hydrogens is 346 g/mol. The maximum Gasteiger partial charge on any atom is 0.253 e. The number of nitrogens with zero attached hydrogens (tertiary/aromatic N) is 2. The van der Waals surface area contributed by atoms with Crippen molar-refractivity contribution in [2.75, 3.05) is 13.1 Å². The number of carbonyl (C=O) groups excluding carboxylic acids is 1. The molecule has 4 rings (SSSR count). The van der Waals surface area contributed by atoms with Gasteiger partial charge in [0.2, 0.25) is 0 Å². The quantitative estimate of drug-likeness (QED) is 0.765. The Morgan fingerprint density at radius 1 is 1.11 bits per heavy atom. The summed E-state index contributed by atoms with van der Waals surface area (Å²) >= 11 is 0. The molecule has 1 saturated heterocycles. The maximum atomic E-state index is 12.9. The predicted molar refractivity (Wildman–Crippen MR) is 109 cm³/mol. The molecule has 0 saturated carbocycles. The molecule has 4 heteroatoms. The Bertz CT molecular complexity index is 1040. The Labute approximate surface area is 164 Å². The van der Waals surface area contributed by atoms with Crippen LogP contribution in [0.15, 0.2) is 66.7 Å². The molecule has 2 N–H and O–H groups in total. The minimum Gasteiger partial charge on any atom is -0.337 e. The standard InChI is InChI=1S/C24H20N3O/c25-15-17-6-8-19(9-7-17)23-14-20(24(28)27-13-12-21(26)16-27)10-11-22(23)18-4-2-1-3-5-18/h1-2,4-11,14,21H,12-13,16,26H2/t21-/m0/s1. The van der Waals surface area contributed by atoms with Crippen LogP contribution in [0.3, 0.4) is 0 Å². The number of nitriles is 1. The SMILES string of the molecule is N#Cc1ccc(-c2cc(C(=O)N3CC[C@H](N)C3)ccc2-c2c[c]ccc2)cc1. The Morgan fingerprint density at radius 3 is 2.57 bits per heavy atom. The largest absolute Gasteiger partial charge is 0.337 e. The van der Waals surface area contributed by atoms with Gasteiger partial charge in [0, 0.05) is 24.7 Å². The van der Waals surface area contributed by atoms with E-state index in [-0.39, 0.29) is 11.9 Å². The zero-order valence-electron chi connectivity index (χ0n) is 15.4. The van der Waals surface area contributed by atoms with Crippen molar-refractivity contribution in [3.63, 3.8) is 0 Å². The molecule has 3 aromatic rings. The Balaban J connectivity index is 1.79. The van der Waals surface area contributed by atoms with Crippen molar-refractivity contribution in [1.82, 2.24) is 4.90 Å². The monoisotopic (exact) mass is 366 g/mol. The summed E-state index contributed by atoms with van der Waals surface area (Å²) in [7, 11) is 0. The molecule has 1 aliphatic heterocycles. The molecule has 4 nitrogen and oxygen atoms in total. The van der Waals surface area contributed by atoms with Gasteiger partial charge in [0.15, 0.2) is 0 Å². The summed E-state index contributed by atoms with van der Waals surface area (Å²) < 4.78 is 0. The lowest BCUT2D eigenvalue weighted by Gasteiger charge is -2.18. The van der Waals surface area contributed by atoms with E-state index in [9.17, 15) is 4.79 Å². The molecule has 1 atom stereocenters. The molecule has 0 spiro atoms. The highest BCUT2D eigenvalue weighted by Crippen LogP contribution is 2.33. The minimum atomic E-state index is 0.00835. The lowest BCUT2D eigenvalue weighted by atomic mass is 9.92. The fourth-order valence-electron chi connectivity index (χ4n) is 3.61. The molecule has 1 heterocycles. The first-order valence-electron chi connectivity index (χ1n) is 9.31. The van der Waals surface area contributed by atoms with Crippen LogP contribution < -0.4 is 5.73 Å². The zero-order chi connectivity index (χ0) is 19.5.